The van der Waals surface area contributed by atoms with Crippen LogP contribution in [0.2, 0.25) is 0 Å². The van der Waals surface area contributed by atoms with Crippen molar-refractivity contribution in [3.8, 4) is 11.5 Å². The second-order valence-electron chi connectivity index (χ2n) is 8.95. The normalized spacial score (nSPS) is 14.8. The lowest BCUT2D eigenvalue weighted by molar-refractivity contribution is -0.139. The molecular formula is C25H28F3N5O4S. The molecule has 1 amide bonds. The van der Waals surface area contributed by atoms with Gasteiger partial charge in [-0.2, -0.15) is 17.5 Å². The number of carbonyl (C=O) groups is 1. The van der Waals surface area contributed by atoms with Crippen molar-refractivity contribution in [2.75, 3.05) is 37.1 Å². The molecule has 1 saturated heterocycles. The minimum Gasteiger partial charge on any atom is -0.494 e. The Hall–Kier alpha value is -3.61. The van der Waals surface area contributed by atoms with Crippen LogP contribution in [0.1, 0.15) is 24.0 Å². The van der Waals surface area contributed by atoms with Crippen LogP contribution in [0.3, 0.4) is 0 Å². The highest BCUT2D eigenvalue weighted by Gasteiger charge is 2.28. The molecule has 0 radical (unpaired) electrons. The molecule has 0 saturated carbocycles. The van der Waals surface area contributed by atoms with Crippen molar-refractivity contribution in [3.05, 3.63) is 41.7 Å². The topological polar surface area (TPSA) is 115 Å². The zero-order valence-electron chi connectivity index (χ0n) is 21.1. The molecule has 0 bridgehead atoms. The first-order chi connectivity index (χ1) is 18.0. The number of amides is 1. The van der Waals surface area contributed by atoms with Crippen molar-refractivity contribution in [1.29, 1.82) is 0 Å². The molecule has 2 N–H and O–H groups in total. The number of nitrogens with one attached hydrogen (secondary N) is 2. The van der Waals surface area contributed by atoms with Crippen LogP contribution in [-0.4, -0.2) is 58.0 Å². The number of ether oxygens (including phenoxy) is 2. The Morgan fingerprint density at radius 1 is 1.16 bits per heavy atom. The molecule has 1 aliphatic heterocycles. The molecule has 0 spiro atoms. The van der Waals surface area contributed by atoms with E-state index in [1.165, 1.54) is 13.4 Å². The Bertz CT molecular complexity index is 1470. The van der Waals surface area contributed by atoms with Gasteiger partial charge >= 0.3 is 6.18 Å². The molecule has 2 heterocycles. The predicted octanol–water partition coefficient (Wildman–Crippen LogP) is 4.95. The fourth-order valence-corrected chi connectivity index (χ4v) is 6.39. The maximum Gasteiger partial charge on any atom is 0.405 e. The van der Waals surface area contributed by atoms with Crippen LogP contribution in [-0.2, 0) is 14.5 Å². The molecular weight excluding hydrogens is 523 g/mol. The second kappa shape index (κ2) is 11.0. The summed E-state index contributed by atoms with van der Waals surface area (Å²) >= 11 is 0. The lowest BCUT2D eigenvalue weighted by Crippen LogP contribution is -2.36. The Labute approximate surface area is 218 Å². The number of carbonyl (C=O) groups excluding carboxylic acids is 1. The first-order valence-corrected chi connectivity index (χ1v) is 13.7. The number of hydrogen-bond acceptors (Lipinski definition) is 8. The number of aromatic nitrogens is 2. The lowest BCUT2D eigenvalue weighted by atomic mass is 10.1. The fraction of sp³-hybridized carbons (Fsp3) is 0.400. The molecule has 1 aromatic heterocycles. The highest BCUT2D eigenvalue weighted by atomic mass is 32.2. The first-order valence-electron chi connectivity index (χ1n) is 11.9. The maximum atomic E-state index is 13.1. The van der Waals surface area contributed by atoms with E-state index >= 15 is 0 Å². The summed E-state index contributed by atoms with van der Waals surface area (Å²) in [5.74, 6) is 1.33. The number of nitrogens with zero attached hydrogens (tertiary/aromatic N) is 3. The van der Waals surface area contributed by atoms with Gasteiger partial charge in [-0.1, -0.05) is 6.07 Å². The van der Waals surface area contributed by atoms with Gasteiger partial charge in [0.1, 0.15) is 35.9 Å². The molecule has 0 atom stereocenters. The number of fused-ring (bicyclic) bond motifs is 1. The van der Waals surface area contributed by atoms with Crippen molar-refractivity contribution in [2.45, 2.75) is 32.9 Å². The second-order valence-corrected chi connectivity index (χ2v) is 11.5. The van der Waals surface area contributed by atoms with E-state index in [2.05, 4.69) is 19.6 Å². The van der Waals surface area contributed by atoms with Crippen molar-refractivity contribution < 1.29 is 31.6 Å². The quantitative estimate of drug-likeness (QED) is 0.407. The van der Waals surface area contributed by atoms with Gasteiger partial charge in [0.25, 0.3) is 5.91 Å². The highest BCUT2D eigenvalue weighted by molar-refractivity contribution is 7.93. The molecule has 9 nitrogen and oxygen atoms in total. The highest BCUT2D eigenvalue weighted by Crippen LogP contribution is 2.41. The molecule has 4 rings (SSSR count). The molecule has 2 aromatic carbocycles. The van der Waals surface area contributed by atoms with E-state index in [1.807, 2.05) is 19.9 Å². The summed E-state index contributed by atoms with van der Waals surface area (Å²) in [4.78, 5) is 20.6. The number of rotatable bonds is 8. The number of aryl methyl sites for hydroxylation is 2. The molecule has 204 valence electrons. The van der Waals surface area contributed by atoms with Gasteiger partial charge < -0.3 is 20.1 Å². The smallest absolute Gasteiger partial charge is 0.405 e. The van der Waals surface area contributed by atoms with Gasteiger partial charge in [0.2, 0.25) is 0 Å². The van der Waals surface area contributed by atoms with Crippen LogP contribution in [0, 0.1) is 13.8 Å². The van der Waals surface area contributed by atoms with Crippen molar-refractivity contribution in [2.24, 2.45) is 4.36 Å². The average Bonchev–Trinajstić information content (AvgIpc) is 3.28. The van der Waals surface area contributed by atoms with Gasteiger partial charge in [0.15, 0.2) is 6.61 Å². The number of benzene rings is 2. The average molecular weight is 552 g/mol. The summed E-state index contributed by atoms with van der Waals surface area (Å²) in [6, 6.07) is 6.90. The van der Waals surface area contributed by atoms with Crippen molar-refractivity contribution >= 4 is 43.7 Å². The maximum absolute atomic E-state index is 13.1. The number of methoxy groups -OCH3 is 1. The Balaban J connectivity index is 1.66. The predicted molar refractivity (Wildman–Crippen MR) is 139 cm³/mol. The Kier molecular flexibility index (Phi) is 7.95. The first kappa shape index (κ1) is 27.4. The van der Waals surface area contributed by atoms with Gasteiger partial charge in [0.05, 0.1) is 28.0 Å². The van der Waals surface area contributed by atoms with E-state index in [1.54, 1.807) is 23.5 Å². The largest absolute Gasteiger partial charge is 0.494 e. The summed E-state index contributed by atoms with van der Waals surface area (Å²) in [6.07, 6.45) is -1.40. The molecule has 3 aromatic rings. The third kappa shape index (κ3) is 6.44. The van der Waals surface area contributed by atoms with Crippen LogP contribution >= 0.6 is 0 Å². The van der Waals surface area contributed by atoms with Gasteiger partial charge in [0, 0.05) is 22.5 Å². The van der Waals surface area contributed by atoms with E-state index in [9.17, 15) is 22.2 Å². The zero-order valence-corrected chi connectivity index (χ0v) is 22.0. The molecule has 1 fully saturated rings. The van der Waals surface area contributed by atoms with Gasteiger partial charge in [-0.3, -0.25) is 4.79 Å². The van der Waals surface area contributed by atoms with Crippen LogP contribution in [0.4, 0.5) is 30.4 Å². The summed E-state index contributed by atoms with van der Waals surface area (Å²) in [6.45, 7) is 1.60. The van der Waals surface area contributed by atoms with E-state index in [-0.39, 0.29) is 5.75 Å². The minimum atomic E-state index is -4.52. The van der Waals surface area contributed by atoms with Crippen LogP contribution in [0.25, 0.3) is 10.9 Å². The van der Waals surface area contributed by atoms with E-state index in [0.29, 0.717) is 50.9 Å². The number of hydrogen-bond donors (Lipinski definition) is 2. The molecule has 0 unspecified atom stereocenters. The third-order valence-corrected chi connectivity index (χ3v) is 8.36. The number of anilines is 2. The lowest BCUT2D eigenvalue weighted by Gasteiger charge is -2.17. The molecule has 38 heavy (non-hydrogen) atoms. The minimum absolute atomic E-state index is 0.258. The summed E-state index contributed by atoms with van der Waals surface area (Å²) in [7, 11) is -0.829. The standard InChI is InChI=1S/C25H28F3N5O4S/c1-15-6-7-17(20(10-15)37-12-21(34)29-13-25(26,27)28)32-24-22-16(2)23(36-3)19(11-18(22)30-14-31-24)33-38(35)8-4-5-9-38/h6-7,10-11,14H,4-5,8-9,12-13H2,1-3H3,(H,29,34)(H,30,31,32). The van der Waals surface area contributed by atoms with Crippen LogP contribution in [0.15, 0.2) is 35.0 Å². The molecule has 0 aliphatic carbocycles. The van der Waals surface area contributed by atoms with Crippen LogP contribution in [0.5, 0.6) is 11.5 Å². The van der Waals surface area contributed by atoms with Crippen molar-refractivity contribution in [3.63, 3.8) is 0 Å². The molecule has 1 aliphatic rings. The molecule has 13 heteroatoms. The monoisotopic (exact) mass is 551 g/mol. The third-order valence-electron chi connectivity index (χ3n) is 5.98. The van der Waals surface area contributed by atoms with E-state index < -0.39 is 35.0 Å². The number of halogens is 3. The number of alkyl halides is 3. The Morgan fingerprint density at radius 2 is 1.89 bits per heavy atom. The zero-order chi connectivity index (χ0) is 27.5. The van der Waals surface area contributed by atoms with Crippen molar-refractivity contribution in [1.82, 2.24) is 15.3 Å². The van der Waals surface area contributed by atoms with Gasteiger partial charge in [-0.25, -0.2) is 14.2 Å². The fourth-order valence-electron chi connectivity index (χ4n) is 4.20. The Morgan fingerprint density at radius 3 is 2.58 bits per heavy atom. The summed E-state index contributed by atoms with van der Waals surface area (Å²) in [5, 5.41) is 5.60. The van der Waals surface area contributed by atoms with Gasteiger partial charge in [-0.05, 0) is 50.5 Å². The SMILES string of the molecule is COc1c(N=S2(=O)CCCC2)cc2ncnc(Nc3ccc(C)cc3OCC(=O)NCC(F)(F)F)c2c1C. The van der Waals surface area contributed by atoms with E-state index in [4.69, 9.17) is 9.47 Å². The summed E-state index contributed by atoms with van der Waals surface area (Å²) in [5.41, 5.74) is 2.98. The van der Waals surface area contributed by atoms with Crippen LogP contribution < -0.4 is 20.1 Å². The summed E-state index contributed by atoms with van der Waals surface area (Å²) < 4.78 is 66.0. The van der Waals surface area contributed by atoms with Gasteiger partial charge in [-0.15, -0.1) is 0 Å². The van der Waals surface area contributed by atoms with E-state index in [0.717, 1.165) is 18.4 Å².